The molecule has 1 saturated carbocycles. The van der Waals surface area contributed by atoms with Gasteiger partial charge in [0.05, 0.1) is 23.0 Å². The molecule has 32 heavy (non-hydrogen) atoms. The third-order valence-corrected chi connectivity index (χ3v) is 8.44. The van der Waals surface area contributed by atoms with Crippen molar-refractivity contribution in [2.75, 3.05) is 19.8 Å². The lowest BCUT2D eigenvalue weighted by molar-refractivity contribution is -0.134. The summed E-state index contributed by atoms with van der Waals surface area (Å²) >= 11 is 0. The highest BCUT2D eigenvalue weighted by Crippen LogP contribution is 2.36. The molecule has 10 nitrogen and oxygen atoms in total. The van der Waals surface area contributed by atoms with Crippen LogP contribution in [0.2, 0.25) is 0 Å². The smallest absolute Gasteiger partial charge is 0.271 e. The number of rotatable bonds is 7. The summed E-state index contributed by atoms with van der Waals surface area (Å²) in [6.07, 6.45) is 4.99. The number of sulfone groups is 1. The second-order valence-corrected chi connectivity index (χ2v) is 10.3. The second kappa shape index (κ2) is 8.93. The van der Waals surface area contributed by atoms with Gasteiger partial charge >= 0.3 is 0 Å². The van der Waals surface area contributed by atoms with Crippen molar-refractivity contribution in [2.45, 2.75) is 35.3 Å². The van der Waals surface area contributed by atoms with Gasteiger partial charge < -0.3 is 10.1 Å². The molecule has 1 saturated heterocycles. The van der Waals surface area contributed by atoms with Gasteiger partial charge in [0.2, 0.25) is 0 Å². The van der Waals surface area contributed by atoms with Gasteiger partial charge in [0.15, 0.2) is 14.6 Å². The molecule has 2 heterocycles. The number of hydrogen-bond donors (Lipinski definition) is 3. The van der Waals surface area contributed by atoms with E-state index in [0.29, 0.717) is 23.7 Å². The Morgan fingerprint density at radius 2 is 1.78 bits per heavy atom. The van der Waals surface area contributed by atoms with Gasteiger partial charge in [-0.1, -0.05) is 12.1 Å². The number of nitrogens with zero attached hydrogens (tertiary/aromatic N) is 2. The third kappa shape index (κ3) is 4.23. The fourth-order valence-electron chi connectivity index (χ4n) is 3.70. The SMILES string of the molecule is O=C(NCC1CC1)c1cnc(-c2ccc(S(=O)(=O)C3(C(=O)NO)CCOCC3)cc2)cn1. The van der Waals surface area contributed by atoms with Gasteiger partial charge in [-0.3, -0.25) is 19.8 Å². The van der Waals surface area contributed by atoms with Crippen LogP contribution in [0.1, 0.15) is 36.2 Å². The summed E-state index contributed by atoms with van der Waals surface area (Å²) in [6.45, 7) is 0.835. The Morgan fingerprint density at radius 1 is 1.09 bits per heavy atom. The topological polar surface area (TPSA) is 148 Å². The first kappa shape index (κ1) is 22.3. The maximum atomic E-state index is 13.3. The number of benzene rings is 1. The van der Waals surface area contributed by atoms with E-state index in [9.17, 15) is 18.0 Å². The number of hydrogen-bond acceptors (Lipinski definition) is 8. The van der Waals surface area contributed by atoms with Crippen LogP contribution in [0.15, 0.2) is 41.6 Å². The van der Waals surface area contributed by atoms with Crippen LogP contribution >= 0.6 is 0 Å². The lowest BCUT2D eigenvalue weighted by Crippen LogP contribution is -2.54. The van der Waals surface area contributed by atoms with E-state index in [-0.39, 0.29) is 42.6 Å². The number of carbonyl (C=O) groups excluding carboxylic acids is 2. The van der Waals surface area contributed by atoms with Gasteiger partial charge in [0.1, 0.15) is 5.69 Å². The highest BCUT2D eigenvalue weighted by atomic mass is 32.2. The van der Waals surface area contributed by atoms with Crippen molar-refractivity contribution in [1.29, 1.82) is 0 Å². The molecule has 2 amide bonds. The van der Waals surface area contributed by atoms with Crippen LogP contribution in [0.25, 0.3) is 11.3 Å². The molecule has 1 aliphatic carbocycles. The van der Waals surface area contributed by atoms with Crippen LogP contribution in [0, 0.1) is 5.92 Å². The standard InChI is InChI=1S/C21H24N4O6S/c26-19(24-11-14-1-2-14)18-13-22-17(12-23-18)15-3-5-16(6-4-15)32(29,30)21(20(27)25-28)7-9-31-10-8-21/h3-6,12-14,28H,1-2,7-11H2,(H,24,26)(H,25,27). The van der Waals surface area contributed by atoms with Crippen molar-refractivity contribution in [2.24, 2.45) is 5.92 Å². The van der Waals surface area contributed by atoms with Gasteiger partial charge in [-0.25, -0.2) is 18.9 Å². The Labute approximate surface area is 185 Å². The molecular formula is C21H24N4O6S. The largest absolute Gasteiger partial charge is 0.381 e. The zero-order chi connectivity index (χ0) is 22.8. The summed E-state index contributed by atoms with van der Waals surface area (Å²) in [5, 5.41) is 12.0. The summed E-state index contributed by atoms with van der Waals surface area (Å²) in [4.78, 5) is 32.8. The van der Waals surface area contributed by atoms with E-state index in [2.05, 4.69) is 15.3 Å². The number of amides is 2. The van der Waals surface area contributed by atoms with Crippen LogP contribution in [0.3, 0.4) is 0 Å². The molecule has 170 valence electrons. The molecule has 2 aromatic rings. The number of carbonyl (C=O) groups is 2. The lowest BCUT2D eigenvalue weighted by atomic mass is 9.98. The Kier molecular flexibility index (Phi) is 6.22. The van der Waals surface area contributed by atoms with Crippen LogP contribution in [-0.2, 0) is 19.4 Å². The van der Waals surface area contributed by atoms with Crippen molar-refractivity contribution >= 4 is 21.7 Å². The first-order valence-corrected chi connectivity index (χ1v) is 11.8. The molecule has 2 aliphatic rings. The average Bonchev–Trinajstić information content (AvgIpc) is 3.67. The van der Waals surface area contributed by atoms with Crippen molar-refractivity contribution in [3.8, 4) is 11.3 Å². The van der Waals surface area contributed by atoms with Gasteiger partial charge in [0, 0.05) is 25.3 Å². The number of aromatic nitrogens is 2. The zero-order valence-electron chi connectivity index (χ0n) is 17.3. The molecule has 0 spiro atoms. The summed E-state index contributed by atoms with van der Waals surface area (Å²) in [6, 6.07) is 5.91. The lowest BCUT2D eigenvalue weighted by Gasteiger charge is -2.34. The van der Waals surface area contributed by atoms with Crippen molar-refractivity contribution in [3.63, 3.8) is 0 Å². The van der Waals surface area contributed by atoms with Crippen LogP contribution in [-0.4, -0.2) is 59.9 Å². The quantitative estimate of drug-likeness (QED) is 0.411. The first-order valence-electron chi connectivity index (χ1n) is 10.3. The number of hydroxylamine groups is 1. The normalized spacial score (nSPS) is 18.0. The first-order chi connectivity index (χ1) is 15.4. The Morgan fingerprint density at radius 3 is 2.34 bits per heavy atom. The Hall–Kier alpha value is -2.89. The average molecular weight is 461 g/mol. The van der Waals surface area contributed by atoms with E-state index in [1.807, 2.05) is 0 Å². The van der Waals surface area contributed by atoms with E-state index in [4.69, 9.17) is 9.94 Å². The molecule has 11 heteroatoms. The second-order valence-electron chi connectivity index (χ2n) is 8.02. The monoisotopic (exact) mass is 460 g/mol. The summed E-state index contributed by atoms with van der Waals surface area (Å²) in [7, 11) is -4.10. The van der Waals surface area contributed by atoms with Gasteiger partial charge in [-0.2, -0.15) is 0 Å². The number of ether oxygens (including phenoxy) is 1. The predicted octanol–water partition coefficient (Wildman–Crippen LogP) is 1.11. The summed E-state index contributed by atoms with van der Waals surface area (Å²) < 4.78 is 30.0. The Balaban J connectivity index is 1.53. The van der Waals surface area contributed by atoms with Gasteiger partial charge in [-0.05, 0) is 43.7 Å². The highest BCUT2D eigenvalue weighted by molar-refractivity contribution is 7.93. The molecule has 2 fully saturated rings. The van der Waals surface area contributed by atoms with E-state index >= 15 is 0 Å². The maximum absolute atomic E-state index is 13.3. The van der Waals surface area contributed by atoms with E-state index < -0.39 is 20.5 Å². The van der Waals surface area contributed by atoms with Crippen molar-refractivity contribution in [1.82, 2.24) is 20.8 Å². The van der Waals surface area contributed by atoms with E-state index in [0.717, 1.165) is 12.8 Å². The van der Waals surface area contributed by atoms with Crippen LogP contribution < -0.4 is 10.8 Å². The Bertz CT molecular complexity index is 1090. The molecule has 1 aromatic carbocycles. The van der Waals surface area contributed by atoms with Crippen LogP contribution in [0.4, 0.5) is 0 Å². The highest BCUT2D eigenvalue weighted by Gasteiger charge is 2.52. The predicted molar refractivity (Wildman–Crippen MR) is 112 cm³/mol. The van der Waals surface area contributed by atoms with Crippen LogP contribution in [0.5, 0.6) is 0 Å². The summed E-state index contributed by atoms with van der Waals surface area (Å²) in [5.74, 6) is -0.683. The minimum atomic E-state index is -4.10. The van der Waals surface area contributed by atoms with Gasteiger partial charge in [0.25, 0.3) is 11.8 Å². The minimum Gasteiger partial charge on any atom is -0.381 e. The molecule has 0 atom stereocenters. The fourth-order valence-corrected chi connectivity index (χ4v) is 5.63. The fraction of sp³-hybridized carbons (Fsp3) is 0.429. The minimum absolute atomic E-state index is 0.0456. The molecule has 0 unspecified atom stereocenters. The van der Waals surface area contributed by atoms with E-state index in [1.165, 1.54) is 30.0 Å². The maximum Gasteiger partial charge on any atom is 0.271 e. The number of nitrogens with one attached hydrogen (secondary N) is 2. The zero-order valence-corrected chi connectivity index (χ0v) is 18.1. The third-order valence-electron chi connectivity index (χ3n) is 5.92. The van der Waals surface area contributed by atoms with Gasteiger partial charge in [-0.15, -0.1) is 0 Å². The van der Waals surface area contributed by atoms with Crippen molar-refractivity contribution < 1.29 is 28.0 Å². The van der Waals surface area contributed by atoms with E-state index in [1.54, 1.807) is 12.1 Å². The molecule has 3 N–H and O–H groups in total. The molecule has 1 aliphatic heterocycles. The molecule has 0 bridgehead atoms. The van der Waals surface area contributed by atoms with Crippen molar-refractivity contribution in [3.05, 3.63) is 42.4 Å². The summed E-state index contributed by atoms with van der Waals surface area (Å²) in [5.41, 5.74) is 2.79. The molecule has 1 aromatic heterocycles. The molecular weight excluding hydrogens is 436 g/mol. The molecule has 0 radical (unpaired) electrons. The molecule has 4 rings (SSSR count).